The van der Waals surface area contributed by atoms with Crippen LogP contribution in [-0.2, 0) is 6.54 Å². The van der Waals surface area contributed by atoms with Crippen molar-refractivity contribution >= 4 is 35.1 Å². The highest BCUT2D eigenvalue weighted by molar-refractivity contribution is 7.98. The summed E-state index contributed by atoms with van der Waals surface area (Å²) in [5.41, 5.74) is 1.81. The Morgan fingerprint density at radius 1 is 1.13 bits per heavy atom. The topological polar surface area (TPSA) is 50.2 Å². The lowest BCUT2D eigenvalue weighted by molar-refractivity contribution is 0.102. The number of thioether (sulfide) groups is 1. The lowest BCUT2D eigenvalue weighted by Crippen LogP contribution is -2.35. The second-order valence-electron chi connectivity index (χ2n) is 7.45. The van der Waals surface area contributed by atoms with Crippen molar-refractivity contribution in [3.63, 3.8) is 0 Å². The molecule has 4 rings (SSSR count). The summed E-state index contributed by atoms with van der Waals surface area (Å²) in [7, 11) is 0. The van der Waals surface area contributed by atoms with Gasteiger partial charge in [-0.1, -0.05) is 35.9 Å². The Bertz CT molecular complexity index is 996. The van der Waals surface area contributed by atoms with E-state index < -0.39 is 0 Å². The Morgan fingerprint density at radius 2 is 1.87 bits per heavy atom. The van der Waals surface area contributed by atoms with Gasteiger partial charge in [-0.2, -0.15) is 5.10 Å². The molecule has 0 atom stereocenters. The van der Waals surface area contributed by atoms with Crippen LogP contribution in [0, 0.1) is 0 Å². The minimum Gasteiger partial charge on any atom is -0.307 e. The molecule has 0 saturated carbocycles. The summed E-state index contributed by atoms with van der Waals surface area (Å²) in [4.78, 5) is 16.4. The number of carbonyl (C=O) groups is 1. The number of benzene rings is 2. The maximum atomic E-state index is 12.6. The Kier molecular flexibility index (Phi) is 6.77. The number of hydrogen-bond acceptors (Lipinski definition) is 4. The van der Waals surface area contributed by atoms with Crippen molar-refractivity contribution in [2.24, 2.45) is 0 Å². The van der Waals surface area contributed by atoms with Gasteiger partial charge in [0, 0.05) is 30.6 Å². The van der Waals surface area contributed by atoms with Gasteiger partial charge in [0.15, 0.2) is 0 Å². The van der Waals surface area contributed by atoms with Gasteiger partial charge in [0.05, 0.1) is 22.8 Å². The van der Waals surface area contributed by atoms with Crippen LogP contribution in [-0.4, -0.2) is 39.9 Å². The highest BCUT2D eigenvalue weighted by Crippen LogP contribution is 2.27. The molecule has 0 bridgehead atoms. The van der Waals surface area contributed by atoms with E-state index in [9.17, 15) is 4.79 Å². The number of nitrogens with zero attached hydrogens (tertiary/aromatic N) is 3. The summed E-state index contributed by atoms with van der Waals surface area (Å²) >= 11 is 7.92. The molecule has 0 unspecified atom stereocenters. The molecule has 1 saturated heterocycles. The molecule has 5 nitrogen and oxygen atoms in total. The number of halogens is 1. The first-order chi connectivity index (χ1) is 14.6. The van der Waals surface area contributed by atoms with Crippen LogP contribution in [0.5, 0.6) is 0 Å². The Hall–Kier alpha value is -2.28. The molecule has 1 aliphatic heterocycles. The molecule has 3 aromatic rings. The van der Waals surface area contributed by atoms with Crippen molar-refractivity contribution < 1.29 is 4.79 Å². The average Bonchev–Trinajstić information content (AvgIpc) is 3.23. The van der Waals surface area contributed by atoms with Crippen molar-refractivity contribution in [1.82, 2.24) is 14.7 Å². The molecule has 156 valence electrons. The number of rotatable bonds is 6. The maximum absolute atomic E-state index is 12.6. The van der Waals surface area contributed by atoms with E-state index in [1.807, 2.05) is 22.9 Å². The molecule has 7 heteroatoms. The molecule has 1 N–H and O–H groups in total. The zero-order chi connectivity index (χ0) is 20.9. The van der Waals surface area contributed by atoms with Crippen LogP contribution < -0.4 is 5.32 Å². The number of piperidine rings is 1. The molecule has 1 amide bonds. The fourth-order valence-corrected chi connectivity index (χ4v) is 4.47. The van der Waals surface area contributed by atoms with Gasteiger partial charge in [0.25, 0.3) is 5.91 Å². The molecule has 0 radical (unpaired) electrons. The first-order valence-electron chi connectivity index (χ1n) is 10.1. The number of aromatic nitrogens is 2. The molecule has 1 aromatic heterocycles. The van der Waals surface area contributed by atoms with Crippen molar-refractivity contribution in [2.75, 3.05) is 24.7 Å². The van der Waals surface area contributed by atoms with Crippen molar-refractivity contribution in [3.8, 4) is 0 Å². The zero-order valence-corrected chi connectivity index (χ0v) is 18.5. The van der Waals surface area contributed by atoms with Gasteiger partial charge in [-0.15, -0.1) is 11.8 Å². The predicted molar refractivity (Wildman–Crippen MR) is 123 cm³/mol. The molecular weight excluding hydrogens is 416 g/mol. The second-order valence-corrected chi connectivity index (χ2v) is 8.74. The zero-order valence-electron chi connectivity index (χ0n) is 16.9. The minimum atomic E-state index is -0.214. The summed E-state index contributed by atoms with van der Waals surface area (Å²) < 4.78 is 1.94. The van der Waals surface area contributed by atoms with E-state index in [2.05, 4.69) is 45.8 Å². The van der Waals surface area contributed by atoms with Crippen LogP contribution in [0.25, 0.3) is 0 Å². The van der Waals surface area contributed by atoms with Gasteiger partial charge in [-0.25, -0.2) is 4.68 Å². The highest BCUT2D eigenvalue weighted by Gasteiger charge is 2.23. The Morgan fingerprint density at radius 3 is 2.57 bits per heavy atom. The summed E-state index contributed by atoms with van der Waals surface area (Å²) in [6, 6.07) is 18.0. The molecular formula is C23H25ClN4OS. The SMILES string of the molecule is CSc1ccc(CN2CCC(n3nccc3NC(=O)c3ccccc3Cl)CC2)cc1. The van der Waals surface area contributed by atoms with E-state index >= 15 is 0 Å². The smallest absolute Gasteiger partial charge is 0.258 e. The van der Waals surface area contributed by atoms with E-state index in [1.165, 1.54) is 10.5 Å². The Balaban J connectivity index is 1.36. The predicted octanol–water partition coefficient (Wildman–Crippen LogP) is 5.35. The molecule has 0 spiro atoms. The van der Waals surface area contributed by atoms with Crippen molar-refractivity contribution in [1.29, 1.82) is 0 Å². The third-order valence-electron chi connectivity index (χ3n) is 5.50. The normalized spacial score (nSPS) is 15.3. The number of likely N-dealkylation sites (tertiary alicyclic amines) is 1. The van der Waals surface area contributed by atoms with Gasteiger partial charge in [-0.3, -0.25) is 9.69 Å². The van der Waals surface area contributed by atoms with Crippen LogP contribution in [0.3, 0.4) is 0 Å². The molecule has 0 aliphatic carbocycles. The summed E-state index contributed by atoms with van der Waals surface area (Å²) in [6.45, 7) is 2.98. The van der Waals surface area contributed by atoms with E-state index in [0.717, 1.165) is 32.5 Å². The third kappa shape index (κ3) is 4.89. The van der Waals surface area contributed by atoms with Crippen LogP contribution in [0.4, 0.5) is 5.82 Å². The summed E-state index contributed by atoms with van der Waals surface area (Å²) in [5, 5.41) is 7.90. The average molecular weight is 441 g/mol. The summed E-state index contributed by atoms with van der Waals surface area (Å²) in [5.74, 6) is 0.500. The first kappa shape index (κ1) is 21.0. The second kappa shape index (κ2) is 9.69. The van der Waals surface area contributed by atoms with Gasteiger partial charge < -0.3 is 5.32 Å². The van der Waals surface area contributed by atoms with Gasteiger partial charge in [-0.05, 0) is 48.9 Å². The van der Waals surface area contributed by atoms with Crippen LogP contribution >= 0.6 is 23.4 Å². The number of anilines is 1. The molecule has 1 aliphatic rings. The van der Waals surface area contributed by atoms with Gasteiger partial charge in [0.2, 0.25) is 0 Å². The third-order valence-corrected chi connectivity index (χ3v) is 6.57. The monoisotopic (exact) mass is 440 g/mol. The van der Waals surface area contributed by atoms with Crippen LogP contribution in [0.1, 0.15) is 34.8 Å². The van der Waals surface area contributed by atoms with E-state index in [-0.39, 0.29) is 11.9 Å². The van der Waals surface area contributed by atoms with Gasteiger partial charge >= 0.3 is 0 Å². The van der Waals surface area contributed by atoms with Crippen molar-refractivity contribution in [3.05, 3.63) is 76.9 Å². The van der Waals surface area contributed by atoms with E-state index in [4.69, 9.17) is 11.6 Å². The molecule has 2 aromatic carbocycles. The quantitative estimate of drug-likeness (QED) is 0.525. The van der Waals surface area contributed by atoms with Crippen LogP contribution in [0.2, 0.25) is 5.02 Å². The summed E-state index contributed by atoms with van der Waals surface area (Å²) in [6.07, 6.45) is 5.83. The minimum absolute atomic E-state index is 0.214. The molecule has 30 heavy (non-hydrogen) atoms. The fraction of sp³-hybridized carbons (Fsp3) is 0.304. The number of nitrogens with one attached hydrogen (secondary N) is 1. The largest absolute Gasteiger partial charge is 0.307 e. The number of amides is 1. The lowest BCUT2D eigenvalue weighted by Gasteiger charge is -2.32. The fourth-order valence-electron chi connectivity index (χ4n) is 3.84. The lowest BCUT2D eigenvalue weighted by atomic mass is 10.0. The highest BCUT2D eigenvalue weighted by atomic mass is 35.5. The van der Waals surface area contributed by atoms with Crippen molar-refractivity contribution in [2.45, 2.75) is 30.3 Å². The first-order valence-corrected chi connectivity index (χ1v) is 11.7. The number of carbonyl (C=O) groups excluding carboxylic acids is 1. The van der Waals surface area contributed by atoms with E-state index in [0.29, 0.717) is 16.4 Å². The standard InChI is InChI=1S/C23H25ClN4OS/c1-30-19-8-6-17(7-9-19)16-27-14-11-18(12-15-27)28-22(10-13-25-28)26-23(29)20-4-2-3-5-21(20)24/h2-10,13,18H,11-12,14-16H2,1H3,(H,26,29). The number of hydrogen-bond donors (Lipinski definition) is 1. The maximum Gasteiger partial charge on any atom is 0.258 e. The van der Waals surface area contributed by atoms with Crippen LogP contribution in [0.15, 0.2) is 65.7 Å². The van der Waals surface area contributed by atoms with Gasteiger partial charge in [0.1, 0.15) is 5.82 Å². The molecule has 2 heterocycles. The Labute approximate surface area is 186 Å². The molecule has 1 fully saturated rings. The van der Waals surface area contributed by atoms with E-state index in [1.54, 1.807) is 30.1 Å².